The minimum absolute atomic E-state index is 0.0119. The van der Waals surface area contributed by atoms with Crippen molar-refractivity contribution in [3.8, 4) is 11.3 Å². The van der Waals surface area contributed by atoms with Gasteiger partial charge >= 0.3 is 0 Å². The molecular formula is C34H27N3O2. The highest BCUT2D eigenvalue weighted by Gasteiger charge is 2.48. The van der Waals surface area contributed by atoms with E-state index in [4.69, 9.17) is 9.97 Å². The molecule has 0 bridgehead atoms. The Balaban J connectivity index is 1.76. The molecule has 0 amide bonds. The second kappa shape index (κ2) is 9.44. The number of carbonyl (C=O) groups excluding carboxylic acids is 2. The van der Waals surface area contributed by atoms with Crippen molar-refractivity contribution < 1.29 is 9.59 Å². The lowest BCUT2D eigenvalue weighted by Crippen LogP contribution is -2.39. The molecule has 1 aliphatic heterocycles. The van der Waals surface area contributed by atoms with Crippen molar-refractivity contribution in [2.24, 2.45) is 0 Å². The SMILES string of the molecule is CC(=O)c1ccc2c(c1)N(C)c1cc(C(C)=O)ccc1C2(c1ccccn1)c1cccc(-c2ccccc2)n1. The van der Waals surface area contributed by atoms with Gasteiger partial charge in [0, 0.05) is 41.3 Å². The molecule has 190 valence electrons. The number of pyridine rings is 2. The Morgan fingerprint density at radius 1 is 0.667 bits per heavy atom. The summed E-state index contributed by atoms with van der Waals surface area (Å²) in [6.07, 6.45) is 1.80. The monoisotopic (exact) mass is 509 g/mol. The van der Waals surface area contributed by atoms with Gasteiger partial charge in [0.1, 0.15) is 5.41 Å². The molecule has 5 heteroatoms. The van der Waals surface area contributed by atoms with E-state index in [1.165, 1.54) is 0 Å². The van der Waals surface area contributed by atoms with E-state index >= 15 is 0 Å². The molecule has 3 aromatic carbocycles. The second-order valence-electron chi connectivity index (χ2n) is 9.87. The Morgan fingerprint density at radius 3 is 1.82 bits per heavy atom. The molecular weight excluding hydrogens is 482 g/mol. The van der Waals surface area contributed by atoms with Gasteiger partial charge in [-0.05, 0) is 61.4 Å². The van der Waals surface area contributed by atoms with Crippen LogP contribution in [-0.4, -0.2) is 28.6 Å². The molecule has 0 aliphatic carbocycles. The van der Waals surface area contributed by atoms with Gasteiger partial charge in [-0.15, -0.1) is 0 Å². The maximum Gasteiger partial charge on any atom is 0.159 e. The lowest BCUT2D eigenvalue weighted by atomic mass is 9.65. The zero-order valence-corrected chi connectivity index (χ0v) is 22.1. The number of hydrogen-bond donors (Lipinski definition) is 0. The molecule has 0 radical (unpaired) electrons. The van der Waals surface area contributed by atoms with Crippen molar-refractivity contribution in [1.82, 2.24) is 9.97 Å². The number of ketones is 2. The minimum atomic E-state index is -0.895. The van der Waals surface area contributed by atoms with Crippen molar-refractivity contribution in [2.75, 3.05) is 11.9 Å². The van der Waals surface area contributed by atoms with Gasteiger partial charge in [-0.25, -0.2) is 0 Å². The number of anilines is 2. The summed E-state index contributed by atoms with van der Waals surface area (Å²) in [5.41, 5.74) is 7.50. The maximum atomic E-state index is 12.4. The number of benzene rings is 3. The number of Topliss-reactive ketones (excluding diaryl/α,β-unsaturated/α-hetero) is 2. The fourth-order valence-corrected chi connectivity index (χ4v) is 5.65. The van der Waals surface area contributed by atoms with E-state index in [0.29, 0.717) is 11.1 Å². The van der Waals surface area contributed by atoms with E-state index in [2.05, 4.69) is 4.90 Å². The first-order valence-corrected chi connectivity index (χ1v) is 12.9. The Bertz CT molecular complexity index is 1660. The molecule has 5 aromatic rings. The number of fused-ring (bicyclic) bond motifs is 2. The molecule has 39 heavy (non-hydrogen) atoms. The molecule has 0 saturated heterocycles. The highest BCUT2D eigenvalue weighted by Crippen LogP contribution is 2.55. The van der Waals surface area contributed by atoms with E-state index in [1.807, 2.05) is 110 Å². The van der Waals surface area contributed by atoms with Crippen LogP contribution >= 0.6 is 0 Å². The van der Waals surface area contributed by atoms with Gasteiger partial charge in [0.05, 0.1) is 17.1 Å². The van der Waals surface area contributed by atoms with Crippen molar-refractivity contribution in [2.45, 2.75) is 19.3 Å². The number of rotatable bonds is 5. The standard InChI is InChI=1S/C34H27N3O2/c1-22(38)25-15-17-27-30(20-25)37(3)31-21-26(23(2)39)16-18-28(31)34(27,32-13-7-8-19-35-32)33-14-9-12-29(36-33)24-10-5-4-6-11-24/h4-21H,1-3H3. The average molecular weight is 510 g/mol. The minimum Gasteiger partial charge on any atom is -0.344 e. The van der Waals surface area contributed by atoms with Crippen LogP contribution in [0.25, 0.3) is 11.3 Å². The first-order chi connectivity index (χ1) is 18.9. The summed E-state index contributed by atoms with van der Waals surface area (Å²) in [6.45, 7) is 3.15. The van der Waals surface area contributed by atoms with E-state index < -0.39 is 5.41 Å². The van der Waals surface area contributed by atoms with Crippen LogP contribution in [0.15, 0.2) is 109 Å². The van der Waals surface area contributed by atoms with E-state index in [-0.39, 0.29) is 11.6 Å². The summed E-state index contributed by atoms with van der Waals surface area (Å²) in [5, 5.41) is 0. The van der Waals surface area contributed by atoms with Crippen molar-refractivity contribution >= 4 is 22.9 Å². The van der Waals surface area contributed by atoms with Crippen LogP contribution in [0.5, 0.6) is 0 Å². The summed E-state index contributed by atoms with van der Waals surface area (Å²) in [6, 6.07) is 33.8. The Morgan fingerprint density at radius 2 is 1.26 bits per heavy atom. The van der Waals surface area contributed by atoms with Crippen LogP contribution in [-0.2, 0) is 5.41 Å². The summed E-state index contributed by atoms with van der Waals surface area (Å²) in [5.74, 6) is -0.0239. The van der Waals surface area contributed by atoms with Crippen molar-refractivity contribution in [3.05, 3.63) is 143 Å². The van der Waals surface area contributed by atoms with Gasteiger partial charge in [0.2, 0.25) is 0 Å². The predicted molar refractivity (Wildman–Crippen MR) is 154 cm³/mol. The van der Waals surface area contributed by atoms with Crippen LogP contribution in [0.3, 0.4) is 0 Å². The first-order valence-electron chi connectivity index (χ1n) is 12.9. The van der Waals surface area contributed by atoms with Crippen molar-refractivity contribution in [3.63, 3.8) is 0 Å². The summed E-state index contributed by atoms with van der Waals surface area (Å²) in [4.78, 5) is 37.1. The molecule has 0 fully saturated rings. The van der Waals surface area contributed by atoms with Gasteiger partial charge in [-0.1, -0.05) is 66.7 Å². The van der Waals surface area contributed by atoms with Gasteiger partial charge in [0.15, 0.2) is 11.6 Å². The number of carbonyl (C=O) groups is 2. The van der Waals surface area contributed by atoms with Gasteiger partial charge in [-0.2, -0.15) is 0 Å². The van der Waals surface area contributed by atoms with Gasteiger partial charge in [0.25, 0.3) is 0 Å². The van der Waals surface area contributed by atoms with E-state index in [0.717, 1.165) is 45.1 Å². The van der Waals surface area contributed by atoms with Crippen LogP contribution in [0.2, 0.25) is 0 Å². The van der Waals surface area contributed by atoms with E-state index in [1.54, 1.807) is 20.0 Å². The summed E-state index contributed by atoms with van der Waals surface area (Å²) >= 11 is 0. The van der Waals surface area contributed by atoms with Crippen LogP contribution in [0.1, 0.15) is 57.1 Å². The topological polar surface area (TPSA) is 63.2 Å². The second-order valence-corrected chi connectivity index (χ2v) is 9.87. The molecule has 3 heterocycles. The highest BCUT2D eigenvalue weighted by molar-refractivity contribution is 5.98. The quantitative estimate of drug-likeness (QED) is 0.238. The van der Waals surface area contributed by atoms with E-state index in [9.17, 15) is 9.59 Å². The highest BCUT2D eigenvalue weighted by atomic mass is 16.1. The van der Waals surface area contributed by atoms with Crippen LogP contribution in [0, 0.1) is 0 Å². The summed E-state index contributed by atoms with van der Waals surface area (Å²) < 4.78 is 0. The molecule has 6 rings (SSSR count). The molecule has 2 aromatic heterocycles. The molecule has 0 spiro atoms. The Labute approximate surface area is 227 Å². The van der Waals surface area contributed by atoms with Crippen LogP contribution in [0.4, 0.5) is 11.4 Å². The smallest absolute Gasteiger partial charge is 0.159 e. The van der Waals surface area contributed by atoms with Gasteiger partial charge in [-0.3, -0.25) is 19.6 Å². The molecule has 0 saturated carbocycles. The zero-order chi connectivity index (χ0) is 27.1. The molecule has 1 aliphatic rings. The lowest BCUT2D eigenvalue weighted by Gasteiger charge is -2.44. The fraction of sp³-hybridized carbons (Fsp3) is 0.118. The number of aromatic nitrogens is 2. The number of nitrogens with zero attached hydrogens (tertiary/aromatic N) is 3. The van der Waals surface area contributed by atoms with Crippen LogP contribution < -0.4 is 4.90 Å². The average Bonchev–Trinajstić information content (AvgIpc) is 2.98. The largest absolute Gasteiger partial charge is 0.344 e. The zero-order valence-electron chi connectivity index (χ0n) is 22.1. The fourth-order valence-electron chi connectivity index (χ4n) is 5.65. The number of hydrogen-bond acceptors (Lipinski definition) is 5. The maximum absolute atomic E-state index is 12.4. The predicted octanol–water partition coefficient (Wildman–Crippen LogP) is 7.01. The third-order valence-corrected chi connectivity index (χ3v) is 7.59. The molecule has 0 atom stereocenters. The lowest BCUT2D eigenvalue weighted by molar-refractivity contribution is 0.100. The third kappa shape index (κ3) is 3.86. The Hall–Kier alpha value is -4.90. The first kappa shape index (κ1) is 24.4. The summed E-state index contributed by atoms with van der Waals surface area (Å²) in [7, 11) is 1.97. The van der Waals surface area contributed by atoms with Gasteiger partial charge < -0.3 is 4.90 Å². The van der Waals surface area contributed by atoms with Crippen molar-refractivity contribution in [1.29, 1.82) is 0 Å². The normalized spacial score (nSPS) is 13.4. The molecule has 0 N–H and O–H groups in total. The Kier molecular flexibility index (Phi) is 5.92. The molecule has 0 unspecified atom stereocenters. The third-order valence-electron chi connectivity index (χ3n) is 7.59. The molecule has 5 nitrogen and oxygen atoms in total.